The lowest BCUT2D eigenvalue weighted by Crippen LogP contribution is -2.37. The first kappa shape index (κ1) is 13.4. The van der Waals surface area contributed by atoms with Crippen molar-refractivity contribution in [3.8, 4) is 11.5 Å². The van der Waals surface area contributed by atoms with Crippen LogP contribution < -0.4 is 15.2 Å². The van der Waals surface area contributed by atoms with Gasteiger partial charge in [0.15, 0.2) is 0 Å². The second kappa shape index (κ2) is 4.94. The molecule has 1 aromatic rings. The minimum atomic E-state index is -0.232. The van der Waals surface area contributed by atoms with E-state index in [4.69, 9.17) is 15.2 Å². The third-order valence-corrected chi connectivity index (χ3v) is 3.11. The molecule has 2 N–H and O–H groups in total. The van der Waals surface area contributed by atoms with E-state index in [1.165, 1.54) is 0 Å². The van der Waals surface area contributed by atoms with Gasteiger partial charge in [-0.05, 0) is 19.9 Å². The third kappa shape index (κ3) is 3.06. The molecule has 0 radical (unpaired) electrons. The Morgan fingerprint density at radius 3 is 3.00 bits per heavy atom. The molecule has 1 aliphatic heterocycles. The lowest BCUT2D eigenvalue weighted by Gasteiger charge is -2.36. The predicted octanol–water partition coefficient (Wildman–Crippen LogP) is 3.53. The van der Waals surface area contributed by atoms with Crippen LogP contribution in [0.4, 0.5) is 0 Å². The molecule has 0 saturated heterocycles. The summed E-state index contributed by atoms with van der Waals surface area (Å²) in [7, 11) is 0. The zero-order chi connectivity index (χ0) is 13.3. The Kier molecular flexibility index (Phi) is 3.69. The lowest BCUT2D eigenvalue weighted by atomic mass is 9.90. The molecule has 1 unspecified atom stereocenters. The topological polar surface area (TPSA) is 44.5 Å². The van der Waals surface area contributed by atoms with Crippen molar-refractivity contribution in [1.29, 1.82) is 0 Å². The average Bonchev–Trinajstić information content (AvgIpc) is 2.24. The smallest absolute Gasteiger partial charge is 0.128 e. The summed E-state index contributed by atoms with van der Waals surface area (Å²) in [6.07, 6.45) is 0.818. The van der Waals surface area contributed by atoms with Crippen LogP contribution in [0.15, 0.2) is 29.3 Å². The molecule has 3 nitrogen and oxygen atoms in total. The molecule has 0 saturated carbocycles. The summed E-state index contributed by atoms with van der Waals surface area (Å²) in [5, 5.41) is 0. The van der Waals surface area contributed by atoms with E-state index in [9.17, 15) is 0 Å². The molecule has 4 heteroatoms. The molecule has 1 atom stereocenters. The molecular formula is C14H18BrNO2. The molecular weight excluding hydrogens is 294 g/mol. The lowest BCUT2D eigenvalue weighted by molar-refractivity contribution is 0.0725. The van der Waals surface area contributed by atoms with Crippen LogP contribution in [-0.4, -0.2) is 12.2 Å². The Morgan fingerprint density at radius 2 is 2.33 bits per heavy atom. The number of hydrogen-bond donors (Lipinski definition) is 1. The second-order valence-corrected chi connectivity index (χ2v) is 6.30. The molecule has 1 heterocycles. The average molecular weight is 312 g/mol. The first-order chi connectivity index (χ1) is 8.37. The van der Waals surface area contributed by atoms with Gasteiger partial charge in [-0.1, -0.05) is 28.6 Å². The fraction of sp³-hybridized carbons (Fsp3) is 0.429. The van der Waals surface area contributed by atoms with Crippen molar-refractivity contribution >= 4 is 15.9 Å². The first-order valence-electron chi connectivity index (χ1n) is 5.92. The van der Waals surface area contributed by atoms with Gasteiger partial charge in [0, 0.05) is 28.6 Å². The van der Waals surface area contributed by atoms with Crippen molar-refractivity contribution in [3.63, 3.8) is 0 Å². The quantitative estimate of drug-likeness (QED) is 0.928. The van der Waals surface area contributed by atoms with Crippen molar-refractivity contribution < 1.29 is 9.47 Å². The molecule has 0 bridgehead atoms. The van der Waals surface area contributed by atoms with E-state index < -0.39 is 0 Å². The van der Waals surface area contributed by atoms with Crippen LogP contribution in [0.3, 0.4) is 0 Å². The van der Waals surface area contributed by atoms with Gasteiger partial charge in [-0.25, -0.2) is 0 Å². The molecule has 18 heavy (non-hydrogen) atoms. The Balaban J connectivity index is 2.23. The van der Waals surface area contributed by atoms with Gasteiger partial charge in [0.05, 0.1) is 0 Å². The number of benzene rings is 1. The van der Waals surface area contributed by atoms with E-state index in [1.54, 1.807) is 0 Å². The summed E-state index contributed by atoms with van der Waals surface area (Å²) < 4.78 is 12.3. The van der Waals surface area contributed by atoms with Gasteiger partial charge in [-0.15, -0.1) is 0 Å². The van der Waals surface area contributed by atoms with Crippen LogP contribution in [0.2, 0.25) is 0 Å². The summed E-state index contributed by atoms with van der Waals surface area (Å²) in [6, 6.07) is 5.80. The van der Waals surface area contributed by atoms with Crippen molar-refractivity contribution in [3.05, 3.63) is 34.8 Å². The van der Waals surface area contributed by atoms with Crippen LogP contribution in [-0.2, 0) is 0 Å². The molecule has 0 fully saturated rings. The molecule has 0 spiro atoms. The monoisotopic (exact) mass is 311 g/mol. The van der Waals surface area contributed by atoms with Crippen LogP contribution in [0.25, 0.3) is 0 Å². The molecule has 1 aliphatic rings. The third-order valence-electron chi connectivity index (χ3n) is 2.88. The number of nitrogens with two attached hydrogens (primary N) is 1. The fourth-order valence-corrected chi connectivity index (χ4v) is 2.25. The van der Waals surface area contributed by atoms with E-state index in [2.05, 4.69) is 22.5 Å². The number of rotatable bonds is 3. The van der Waals surface area contributed by atoms with Crippen LogP contribution in [0.5, 0.6) is 11.5 Å². The Hall–Kier alpha value is -1.00. The van der Waals surface area contributed by atoms with Crippen molar-refractivity contribution in [2.24, 2.45) is 5.73 Å². The minimum absolute atomic E-state index is 0.0175. The SMILES string of the molecule is C=C(Br)COc1ccc2c(c1)OC(C)(C)CC2N. The summed E-state index contributed by atoms with van der Waals surface area (Å²) in [4.78, 5) is 0. The highest BCUT2D eigenvalue weighted by Gasteiger charge is 2.31. The fourth-order valence-electron chi connectivity index (χ4n) is 2.14. The number of fused-ring (bicyclic) bond motifs is 1. The molecule has 1 aromatic carbocycles. The predicted molar refractivity (Wildman–Crippen MR) is 76.3 cm³/mol. The highest BCUT2D eigenvalue weighted by molar-refractivity contribution is 9.11. The molecule has 0 aliphatic carbocycles. The van der Waals surface area contributed by atoms with E-state index in [0.717, 1.165) is 28.0 Å². The van der Waals surface area contributed by atoms with E-state index in [-0.39, 0.29) is 11.6 Å². The van der Waals surface area contributed by atoms with Gasteiger partial charge in [0.2, 0.25) is 0 Å². The second-order valence-electron chi connectivity index (χ2n) is 5.18. The standard InChI is InChI=1S/C14H18BrNO2/c1-9(15)8-17-10-4-5-11-12(16)7-14(2,3)18-13(11)6-10/h4-6,12H,1,7-8,16H2,2-3H3. The zero-order valence-corrected chi connectivity index (χ0v) is 12.3. The van der Waals surface area contributed by atoms with Crippen molar-refractivity contribution in [1.82, 2.24) is 0 Å². The van der Waals surface area contributed by atoms with Crippen LogP contribution in [0.1, 0.15) is 31.9 Å². The van der Waals surface area contributed by atoms with Gasteiger partial charge >= 0.3 is 0 Å². The highest BCUT2D eigenvalue weighted by Crippen LogP contribution is 2.40. The highest BCUT2D eigenvalue weighted by atomic mass is 79.9. The van der Waals surface area contributed by atoms with Gasteiger partial charge in [-0.3, -0.25) is 0 Å². The number of ether oxygens (including phenoxy) is 2. The van der Waals surface area contributed by atoms with Gasteiger partial charge in [-0.2, -0.15) is 0 Å². The summed E-state index contributed by atoms with van der Waals surface area (Å²) in [6.45, 7) is 8.26. The molecule has 0 aromatic heterocycles. The summed E-state index contributed by atoms with van der Waals surface area (Å²) in [5.74, 6) is 1.58. The Morgan fingerprint density at radius 1 is 1.61 bits per heavy atom. The van der Waals surface area contributed by atoms with E-state index in [0.29, 0.717) is 6.61 Å². The van der Waals surface area contributed by atoms with Crippen LogP contribution in [0, 0.1) is 0 Å². The molecule has 98 valence electrons. The molecule has 0 amide bonds. The van der Waals surface area contributed by atoms with Gasteiger partial charge in [0.1, 0.15) is 23.7 Å². The van der Waals surface area contributed by atoms with Gasteiger partial charge < -0.3 is 15.2 Å². The Labute approximate surface area is 116 Å². The maximum Gasteiger partial charge on any atom is 0.128 e. The van der Waals surface area contributed by atoms with Crippen molar-refractivity contribution in [2.45, 2.75) is 31.9 Å². The van der Waals surface area contributed by atoms with Gasteiger partial charge in [0.25, 0.3) is 0 Å². The Bertz CT molecular complexity index is 471. The summed E-state index contributed by atoms with van der Waals surface area (Å²) in [5.41, 5.74) is 6.96. The zero-order valence-electron chi connectivity index (χ0n) is 10.7. The maximum absolute atomic E-state index is 6.15. The normalized spacial score (nSPS) is 20.8. The largest absolute Gasteiger partial charge is 0.488 e. The minimum Gasteiger partial charge on any atom is -0.488 e. The first-order valence-corrected chi connectivity index (χ1v) is 6.71. The molecule has 2 rings (SSSR count). The number of halogens is 1. The van der Waals surface area contributed by atoms with E-state index >= 15 is 0 Å². The number of hydrogen-bond acceptors (Lipinski definition) is 3. The maximum atomic E-state index is 6.15. The van der Waals surface area contributed by atoms with Crippen LogP contribution >= 0.6 is 15.9 Å². The van der Waals surface area contributed by atoms with E-state index in [1.807, 2.05) is 32.0 Å². The van der Waals surface area contributed by atoms with Crippen molar-refractivity contribution in [2.75, 3.05) is 6.61 Å². The summed E-state index contributed by atoms with van der Waals surface area (Å²) >= 11 is 3.26.